The van der Waals surface area contributed by atoms with Crippen LogP contribution in [-0.2, 0) is 0 Å². The summed E-state index contributed by atoms with van der Waals surface area (Å²) in [6.45, 7) is 0. The molecule has 0 aliphatic carbocycles. The highest BCUT2D eigenvalue weighted by atomic mass is 35.5. The summed E-state index contributed by atoms with van der Waals surface area (Å²) in [7, 11) is 0. The van der Waals surface area contributed by atoms with Gasteiger partial charge < -0.3 is 5.32 Å². The number of thioether (sulfide) groups is 1. The number of hydrogen-bond acceptors (Lipinski definition) is 5. The molecule has 4 N–H and O–H groups in total. The molecule has 0 atom stereocenters. The monoisotopic (exact) mass is 291 g/mol. The van der Waals surface area contributed by atoms with Gasteiger partial charge in [0.25, 0.3) is 0 Å². The average molecular weight is 292 g/mol. The van der Waals surface area contributed by atoms with Gasteiger partial charge in [0.2, 0.25) is 0 Å². The summed E-state index contributed by atoms with van der Waals surface area (Å²) in [6, 6.07) is 5.82. The molecule has 0 spiro atoms. The molecule has 1 aromatic carbocycles. The summed E-state index contributed by atoms with van der Waals surface area (Å²) in [5.41, 5.74) is 2.29. The number of fused-ring (bicyclic) bond motifs is 1. The van der Waals surface area contributed by atoms with Crippen LogP contribution in [0.5, 0.6) is 0 Å². The second-order valence-electron chi connectivity index (χ2n) is 3.93. The molecule has 2 heterocycles. The van der Waals surface area contributed by atoms with Crippen LogP contribution in [-0.4, -0.2) is 15.9 Å². The molecule has 96 valence electrons. The Bertz CT molecular complexity index is 703. The minimum absolute atomic E-state index is 0.435. The van der Waals surface area contributed by atoms with Crippen molar-refractivity contribution in [1.82, 2.24) is 15.0 Å². The molecule has 3 rings (SSSR count). The molecule has 0 fully saturated rings. The summed E-state index contributed by atoms with van der Waals surface area (Å²) in [5.74, 6) is 0.601. The SMILES string of the molecule is N=C1C=CS/C1=C(/NCl)Nc1ccc2[nH]ncc2c1. The highest BCUT2D eigenvalue weighted by Gasteiger charge is 2.15. The van der Waals surface area contributed by atoms with Crippen molar-refractivity contribution in [3.63, 3.8) is 0 Å². The molecule has 0 bridgehead atoms. The van der Waals surface area contributed by atoms with Crippen LogP contribution in [0, 0.1) is 5.41 Å². The van der Waals surface area contributed by atoms with Gasteiger partial charge in [0.1, 0.15) is 5.82 Å². The van der Waals surface area contributed by atoms with Gasteiger partial charge in [-0.3, -0.25) is 15.3 Å². The van der Waals surface area contributed by atoms with Crippen LogP contribution >= 0.6 is 23.5 Å². The van der Waals surface area contributed by atoms with Gasteiger partial charge in [-0.15, -0.1) is 0 Å². The Morgan fingerprint density at radius 3 is 3.05 bits per heavy atom. The van der Waals surface area contributed by atoms with Crippen molar-refractivity contribution in [2.24, 2.45) is 0 Å². The lowest BCUT2D eigenvalue weighted by molar-refractivity contribution is 1.12. The van der Waals surface area contributed by atoms with Gasteiger partial charge in [0.15, 0.2) is 0 Å². The Morgan fingerprint density at radius 1 is 1.42 bits per heavy atom. The molecular formula is C12H10ClN5S. The lowest BCUT2D eigenvalue weighted by atomic mass is 10.2. The van der Waals surface area contributed by atoms with Gasteiger partial charge in [0, 0.05) is 22.9 Å². The van der Waals surface area contributed by atoms with E-state index in [1.807, 2.05) is 23.6 Å². The average Bonchev–Trinajstić information content (AvgIpc) is 3.04. The maximum Gasteiger partial charge on any atom is 0.134 e. The van der Waals surface area contributed by atoms with E-state index in [2.05, 4.69) is 20.3 Å². The number of rotatable bonds is 3. The third-order valence-electron chi connectivity index (χ3n) is 2.70. The largest absolute Gasteiger partial charge is 0.340 e. The Kier molecular flexibility index (Phi) is 3.18. The zero-order valence-corrected chi connectivity index (χ0v) is 11.3. The molecular weight excluding hydrogens is 282 g/mol. The molecule has 19 heavy (non-hydrogen) atoms. The number of hydrogen-bond donors (Lipinski definition) is 4. The van der Waals surface area contributed by atoms with Gasteiger partial charge in [-0.05, 0) is 29.7 Å². The maximum absolute atomic E-state index is 7.79. The molecule has 1 aliphatic heterocycles. The van der Waals surface area contributed by atoms with E-state index in [9.17, 15) is 0 Å². The van der Waals surface area contributed by atoms with Gasteiger partial charge in [-0.25, -0.2) is 0 Å². The van der Waals surface area contributed by atoms with Crippen LogP contribution < -0.4 is 10.2 Å². The van der Waals surface area contributed by atoms with Crippen molar-refractivity contribution in [3.8, 4) is 0 Å². The maximum atomic E-state index is 7.79. The molecule has 1 aliphatic rings. The second kappa shape index (κ2) is 4.99. The van der Waals surface area contributed by atoms with Crippen LogP contribution in [0.3, 0.4) is 0 Å². The Hall–Kier alpha value is -1.92. The number of nitrogens with one attached hydrogen (secondary N) is 4. The molecule has 0 radical (unpaired) electrons. The second-order valence-corrected chi connectivity index (χ2v) is 5.04. The van der Waals surface area contributed by atoms with Crippen LogP contribution in [0.25, 0.3) is 10.9 Å². The number of H-pyrrole nitrogens is 1. The number of benzene rings is 1. The molecule has 5 nitrogen and oxygen atoms in total. The fourth-order valence-corrected chi connectivity index (χ4v) is 2.74. The number of halogens is 1. The summed E-state index contributed by atoms with van der Waals surface area (Å²) < 4.78 is 0. The Balaban J connectivity index is 1.92. The van der Waals surface area contributed by atoms with Crippen molar-refractivity contribution in [2.75, 3.05) is 5.32 Å². The number of allylic oxidation sites excluding steroid dienone is 2. The minimum Gasteiger partial charge on any atom is -0.340 e. The predicted molar refractivity (Wildman–Crippen MR) is 80.2 cm³/mol. The van der Waals surface area contributed by atoms with Crippen molar-refractivity contribution in [1.29, 1.82) is 5.41 Å². The van der Waals surface area contributed by atoms with E-state index in [-0.39, 0.29) is 0 Å². The first kappa shape index (κ1) is 12.1. The molecule has 2 aromatic rings. The van der Waals surface area contributed by atoms with Gasteiger partial charge in [-0.2, -0.15) is 5.10 Å². The summed E-state index contributed by atoms with van der Waals surface area (Å²) >= 11 is 7.19. The smallest absolute Gasteiger partial charge is 0.134 e. The zero-order valence-electron chi connectivity index (χ0n) is 9.70. The number of nitrogens with zero attached hydrogens (tertiary/aromatic N) is 1. The van der Waals surface area contributed by atoms with Crippen molar-refractivity contribution in [2.45, 2.75) is 0 Å². The molecule has 0 amide bonds. The van der Waals surface area contributed by atoms with Crippen molar-refractivity contribution in [3.05, 3.63) is 46.6 Å². The first-order valence-electron chi connectivity index (χ1n) is 5.51. The van der Waals surface area contributed by atoms with Crippen LogP contribution in [0.15, 0.2) is 46.6 Å². The van der Waals surface area contributed by atoms with Crippen LogP contribution in [0.4, 0.5) is 5.69 Å². The Labute approximate surface area is 118 Å². The van der Waals surface area contributed by atoms with Crippen molar-refractivity contribution >= 4 is 45.8 Å². The van der Waals surface area contributed by atoms with E-state index in [1.54, 1.807) is 12.3 Å². The minimum atomic E-state index is 0.435. The lowest BCUT2D eigenvalue weighted by Gasteiger charge is -2.12. The van der Waals surface area contributed by atoms with E-state index in [0.717, 1.165) is 21.5 Å². The highest BCUT2D eigenvalue weighted by Crippen LogP contribution is 2.29. The van der Waals surface area contributed by atoms with Crippen LogP contribution in [0.2, 0.25) is 0 Å². The highest BCUT2D eigenvalue weighted by molar-refractivity contribution is 8.07. The first-order chi connectivity index (χ1) is 9.28. The third-order valence-corrected chi connectivity index (χ3v) is 3.82. The van der Waals surface area contributed by atoms with Crippen molar-refractivity contribution < 1.29 is 0 Å². The first-order valence-corrected chi connectivity index (χ1v) is 6.77. The number of anilines is 1. The molecule has 0 unspecified atom stereocenters. The lowest BCUT2D eigenvalue weighted by Crippen LogP contribution is -2.14. The standard InChI is InChI=1S/C12H10ClN5S/c13-17-12(11-9(14)3-4-19-11)16-8-1-2-10-7(5-8)6-15-18-10/h1-6,14,16-17H,(H,15,18)/b12-11+,14-9?. The van der Waals surface area contributed by atoms with Gasteiger partial charge >= 0.3 is 0 Å². The van der Waals surface area contributed by atoms with Gasteiger partial charge in [0.05, 0.1) is 22.3 Å². The fourth-order valence-electron chi connectivity index (χ4n) is 1.79. The topological polar surface area (TPSA) is 76.6 Å². The summed E-state index contributed by atoms with van der Waals surface area (Å²) in [4.78, 5) is 3.35. The van der Waals surface area contributed by atoms with Crippen LogP contribution in [0.1, 0.15) is 0 Å². The van der Waals surface area contributed by atoms with E-state index >= 15 is 0 Å². The fraction of sp³-hybridized carbons (Fsp3) is 0. The molecule has 1 aromatic heterocycles. The third kappa shape index (κ3) is 2.32. The molecule has 7 heteroatoms. The zero-order chi connectivity index (χ0) is 13.2. The molecule has 0 saturated carbocycles. The predicted octanol–water partition coefficient (Wildman–Crippen LogP) is 3.17. The Morgan fingerprint density at radius 2 is 2.32 bits per heavy atom. The number of aromatic amines is 1. The van der Waals surface area contributed by atoms with E-state index in [1.165, 1.54) is 11.8 Å². The van der Waals surface area contributed by atoms with E-state index < -0.39 is 0 Å². The van der Waals surface area contributed by atoms with Gasteiger partial charge in [-0.1, -0.05) is 11.8 Å². The van der Waals surface area contributed by atoms with E-state index in [0.29, 0.717) is 11.5 Å². The number of aromatic nitrogens is 2. The normalized spacial score (nSPS) is 17.0. The van der Waals surface area contributed by atoms with E-state index in [4.69, 9.17) is 17.2 Å². The molecule has 0 saturated heterocycles. The summed E-state index contributed by atoms with van der Waals surface area (Å²) in [6.07, 6.45) is 3.49. The summed E-state index contributed by atoms with van der Waals surface area (Å²) in [5, 5.41) is 20.7. The quantitative estimate of drug-likeness (QED) is 0.655.